The van der Waals surface area contributed by atoms with Gasteiger partial charge in [0.1, 0.15) is 0 Å². The van der Waals surface area contributed by atoms with Crippen LogP contribution in [0, 0.1) is 0 Å². The van der Waals surface area contributed by atoms with Crippen molar-refractivity contribution in [2.24, 2.45) is 11.5 Å². The fourth-order valence-electron chi connectivity index (χ4n) is 0.329. The molecule has 0 rings (SSSR count). The molecule has 82 valence electrons. The van der Waals surface area contributed by atoms with Crippen molar-refractivity contribution in [1.29, 1.82) is 0 Å². The van der Waals surface area contributed by atoms with Gasteiger partial charge in [0, 0.05) is 26.2 Å². The predicted molar refractivity (Wildman–Crippen MR) is 66.7 cm³/mol. The Morgan fingerprint density at radius 3 is 1.33 bits per heavy atom. The van der Waals surface area contributed by atoms with E-state index >= 15 is 0 Å². The zero-order valence-corrected chi connectivity index (χ0v) is 7.57. The van der Waals surface area contributed by atoms with E-state index < -0.39 is 7.82 Å². The summed E-state index contributed by atoms with van der Waals surface area (Å²) in [4.78, 5) is 21.6. The summed E-state index contributed by atoms with van der Waals surface area (Å²) in [5, 5.41) is 3.03. The summed E-state index contributed by atoms with van der Waals surface area (Å²) in [5.41, 5.74) is 10.3. The molecule has 11 heteroatoms. The Hall–Kier alpha value is 4.26. The van der Waals surface area contributed by atoms with Gasteiger partial charge in [0.15, 0.2) is 0 Å². The van der Waals surface area contributed by atoms with Crippen LogP contribution >= 0.6 is 7.82 Å². The van der Waals surface area contributed by atoms with E-state index in [1.54, 1.807) is 0 Å². The number of hydrogen-bond donors (Lipinski definition) is 6. The van der Waals surface area contributed by atoms with Crippen molar-refractivity contribution in [3.05, 3.63) is 0 Å². The molecule has 0 heterocycles. The van der Waals surface area contributed by atoms with Crippen LogP contribution in [0.2, 0.25) is 0 Å². The third-order valence-electron chi connectivity index (χ3n) is 0.642. The van der Waals surface area contributed by atoms with Crippen LogP contribution in [0.25, 0.3) is 0 Å². The van der Waals surface area contributed by atoms with Gasteiger partial charge in [0.25, 0.3) is 0 Å². The second-order valence-corrected chi connectivity index (χ2v) is 2.87. The summed E-state index contributed by atoms with van der Waals surface area (Å²) >= 11 is 0. The number of nitrogens with two attached hydrogens (primary N) is 2. The van der Waals surface area contributed by atoms with Gasteiger partial charge >= 0.3 is 140 Å². The average molecular weight is 305 g/mol. The van der Waals surface area contributed by atoms with Crippen LogP contribution in [0.4, 0.5) is 0 Å². The molecule has 0 aliphatic carbocycles. The van der Waals surface area contributed by atoms with Crippen LogP contribution in [0.5, 0.6) is 0 Å². The molecular formula is C4H19K2N3NaO4P. The van der Waals surface area contributed by atoms with Crippen molar-refractivity contribution in [2.75, 3.05) is 26.2 Å². The van der Waals surface area contributed by atoms with Gasteiger partial charge < -0.3 is 31.5 Å². The first-order chi connectivity index (χ1) is 5.41. The zero-order valence-electron chi connectivity index (χ0n) is 6.68. The topological polar surface area (TPSA) is 142 Å². The average Bonchev–Trinajstić information content (AvgIpc) is 1.85. The van der Waals surface area contributed by atoms with Crippen molar-refractivity contribution in [1.82, 2.24) is 5.32 Å². The second kappa shape index (κ2) is 23.4. The van der Waals surface area contributed by atoms with Crippen molar-refractivity contribution < 1.29 is 19.2 Å². The molecule has 0 aromatic heterocycles. The molecule has 0 saturated heterocycles. The van der Waals surface area contributed by atoms with Gasteiger partial charge in [-0.3, -0.25) is 0 Å². The molecular weight excluding hydrogens is 286 g/mol. The van der Waals surface area contributed by atoms with Gasteiger partial charge in [-0.1, -0.05) is 0 Å². The van der Waals surface area contributed by atoms with E-state index in [0.717, 1.165) is 13.1 Å². The van der Waals surface area contributed by atoms with E-state index in [1.807, 2.05) is 0 Å². The van der Waals surface area contributed by atoms with Crippen LogP contribution in [0.1, 0.15) is 0 Å². The van der Waals surface area contributed by atoms with Crippen molar-refractivity contribution in [3.8, 4) is 0 Å². The van der Waals surface area contributed by atoms with Gasteiger partial charge in [-0.25, -0.2) is 4.57 Å². The summed E-state index contributed by atoms with van der Waals surface area (Å²) in [6, 6.07) is 0. The third-order valence-corrected chi connectivity index (χ3v) is 0.642. The molecule has 0 spiro atoms. The maximum absolute atomic E-state index is 8.88. The van der Waals surface area contributed by atoms with E-state index in [4.69, 9.17) is 30.7 Å². The zero-order chi connectivity index (χ0) is 10.0. The first-order valence-electron chi connectivity index (χ1n) is 3.31. The number of hydrogen-bond acceptors (Lipinski definition) is 4. The summed E-state index contributed by atoms with van der Waals surface area (Å²) < 4.78 is 8.88. The van der Waals surface area contributed by atoms with Crippen molar-refractivity contribution >= 4 is 140 Å². The minimum absolute atomic E-state index is 0. The van der Waals surface area contributed by atoms with Crippen LogP contribution in [-0.2, 0) is 4.57 Å². The van der Waals surface area contributed by atoms with E-state index in [0.29, 0.717) is 13.1 Å². The molecule has 0 amide bonds. The van der Waals surface area contributed by atoms with Gasteiger partial charge in [-0.2, -0.15) is 0 Å². The molecule has 7 nitrogen and oxygen atoms in total. The molecule has 0 atom stereocenters. The standard InChI is InChI=1S/C4H13N3.2K.Na.H3O4P.3H/c5-1-3-7-4-2-6;;;;1-5(2,3)4;;;/h7H,1-6H2;;;;(H3,1,2,3,4);;;. The van der Waals surface area contributed by atoms with Gasteiger partial charge in [0.05, 0.1) is 0 Å². The Morgan fingerprint density at radius 2 is 1.20 bits per heavy atom. The first-order valence-corrected chi connectivity index (χ1v) is 4.87. The molecule has 0 saturated carbocycles. The van der Waals surface area contributed by atoms with E-state index in [2.05, 4.69) is 5.32 Å². The Labute approximate surface area is 197 Å². The predicted octanol–water partition coefficient (Wildman–Crippen LogP) is -4.38. The molecule has 0 aromatic rings. The minimum atomic E-state index is -4.64. The second-order valence-electron chi connectivity index (χ2n) is 1.84. The molecule has 0 radical (unpaired) electrons. The Morgan fingerprint density at radius 1 is 1.00 bits per heavy atom. The molecule has 15 heavy (non-hydrogen) atoms. The van der Waals surface area contributed by atoms with Crippen LogP contribution in [-0.4, -0.2) is 173 Å². The maximum atomic E-state index is 8.88. The Balaban J connectivity index is -0.0000000383. The van der Waals surface area contributed by atoms with Gasteiger partial charge in [-0.15, -0.1) is 0 Å². The third kappa shape index (κ3) is 70.7. The SMILES string of the molecule is NCCNCCN.O=P(O)(O)O.[KH].[KH].[NaH]. The Bertz CT molecular complexity index is 129. The number of nitrogens with one attached hydrogen (secondary N) is 1. The van der Waals surface area contributed by atoms with Gasteiger partial charge in [-0.05, 0) is 0 Å². The van der Waals surface area contributed by atoms with Crippen LogP contribution < -0.4 is 16.8 Å². The summed E-state index contributed by atoms with van der Waals surface area (Å²) in [5.74, 6) is 0. The van der Waals surface area contributed by atoms with Crippen molar-refractivity contribution in [2.45, 2.75) is 0 Å². The van der Waals surface area contributed by atoms with E-state index in [9.17, 15) is 0 Å². The summed E-state index contributed by atoms with van der Waals surface area (Å²) in [6.07, 6.45) is 0. The molecule has 8 N–H and O–H groups in total. The van der Waals surface area contributed by atoms with Crippen molar-refractivity contribution in [3.63, 3.8) is 0 Å². The normalized spacial score (nSPS) is 8.33. The quantitative estimate of drug-likeness (QED) is 0.175. The molecule has 0 bridgehead atoms. The van der Waals surface area contributed by atoms with Crippen LogP contribution in [0.3, 0.4) is 0 Å². The monoisotopic (exact) mass is 305 g/mol. The van der Waals surface area contributed by atoms with Gasteiger partial charge in [0.2, 0.25) is 0 Å². The molecule has 0 aliphatic heterocycles. The fourth-order valence-corrected chi connectivity index (χ4v) is 0.329. The summed E-state index contributed by atoms with van der Waals surface area (Å²) in [6.45, 7) is 3.13. The first kappa shape index (κ1) is 31.6. The Kier molecular flexibility index (Phi) is 49.2. The molecule has 0 aromatic carbocycles. The molecule has 0 fully saturated rings. The fraction of sp³-hybridized carbons (Fsp3) is 1.00. The number of phosphoric acid groups is 1. The van der Waals surface area contributed by atoms with E-state index in [-0.39, 0.29) is 132 Å². The van der Waals surface area contributed by atoms with Crippen LogP contribution in [0.15, 0.2) is 0 Å². The summed E-state index contributed by atoms with van der Waals surface area (Å²) in [7, 11) is -4.64. The molecule has 0 aliphatic rings. The number of rotatable bonds is 4. The van der Waals surface area contributed by atoms with E-state index in [1.165, 1.54) is 0 Å². The molecule has 0 unspecified atom stereocenters.